The van der Waals surface area contributed by atoms with Gasteiger partial charge < -0.3 is 14.2 Å². The van der Waals surface area contributed by atoms with Gasteiger partial charge in [-0.1, -0.05) is 41.0 Å². The van der Waals surface area contributed by atoms with E-state index in [2.05, 4.69) is 10.1 Å². The van der Waals surface area contributed by atoms with Gasteiger partial charge in [-0.25, -0.2) is 4.79 Å². The van der Waals surface area contributed by atoms with Gasteiger partial charge in [0.25, 0.3) is 11.8 Å². The van der Waals surface area contributed by atoms with E-state index in [0.29, 0.717) is 27.7 Å². The van der Waals surface area contributed by atoms with Crippen molar-refractivity contribution >= 4 is 35.1 Å². The van der Waals surface area contributed by atoms with E-state index < -0.39 is 11.6 Å². The summed E-state index contributed by atoms with van der Waals surface area (Å²) in [5.41, 5.74) is -0.143. The molecule has 2 aliphatic rings. The molecule has 174 valence electrons. The number of rotatable bonds is 5. The van der Waals surface area contributed by atoms with E-state index in [0.717, 1.165) is 0 Å². The Hall–Kier alpha value is -3.72. The number of amides is 2. The quantitative estimate of drug-likeness (QED) is 0.511. The van der Waals surface area contributed by atoms with Crippen molar-refractivity contribution in [1.82, 2.24) is 15.0 Å². The summed E-state index contributed by atoms with van der Waals surface area (Å²) in [6.07, 6.45) is 0.236. The summed E-state index contributed by atoms with van der Waals surface area (Å²) in [6.45, 7) is 3.30. The maximum absolute atomic E-state index is 13.6. The van der Waals surface area contributed by atoms with Gasteiger partial charge in [-0.3, -0.25) is 14.5 Å². The summed E-state index contributed by atoms with van der Waals surface area (Å²) >= 11 is 6.02. The molecule has 0 N–H and O–H groups in total. The molecule has 0 spiro atoms. The summed E-state index contributed by atoms with van der Waals surface area (Å²) in [7, 11) is 0. The van der Waals surface area contributed by atoms with Crippen LogP contribution in [0, 0.1) is 0 Å². The van der Waals surface area contributed by atoms with Crippen LogP contribution in [0.1, 0.15) is 42.9 Å². The Morgan fingerprint density at radius 3 is 2.76 bits per heavy atom. The topological polar surface area (TPSA) is 106 Å². The van der Waals surface area contributed by atoms with Crippen LogP contribution < -0.4 is 4.90 Å². The maximum atomic E-state index is 13.6. The fourth-order valence-electron chi connectivity index (χ4n) is 4.67. The first-order valence-corrected chi connectivity index (χ1v) is 11.2. The lowest BCUT2D eigenvalue weighted by Gasteiger charge is -2.50. The van der Waals surface area contributed by atoms with Crippen molar-refractivity contribution in [3.05, 3.63) is 65.0 Å². The van der Waals surface area contributed by atoms with Crippen LogP contribution in [0.5, 0.6) is 0 Å². The van der Waals surface area contributed by atoms with Gasteiger partial charge >= 0.3 is 5.97 Å². The van der Waals surface area contributed by atoms with Crippen molar-refractivity contribution in [3.8, 4) is 11.4 Å². The van der Waals surface area contributed by atoms with Crippen molar-refractivity contribution in [2.75, 3.05) is 4.90 Å². The molecule has 2 aromatic carbocycles. The molecule has 1 aromatic heterocycles. The minimum absolute atomic E-state index is 0.0780. The number of nitrogens with zero attached hydrogens (tertiary/aromatic N) is 4. The van der Waals surface area contributed by atoms with E-state index in [9.17, 15) is 14.4 Å². The zero-order valence-corrected chi connectivity index (χ0v) is 19.3. The molecule has 34 heavy (non-hydrogen) atoms. The number of aromatic nitrogens is 2. The van der Waals surface area contributed by atoms with E-state index in [1.165, 1.54) is 9.80 Å². The van der Waals surface area contributed by atoms with Gasteiger partial charge in [-0.2, -0.15) is 4.98 Å². The monoisotopic (exact) mass is 480 g/mol. The van der Waals surface area contributed by atoms with Crippen molar-refractivity contribution in [3.63, 3.8) is 0 Å². The van der Waals surface area contributed by atoms with Crippen LogP contribution in [0.2, 0.25) is 5.02 Å². The molecule has 0 saturated carbocycles. The number of carbonyl (C=O) groups excluding carboxylic acids is 3. The number of anilines is 1. The lowest BCUT2D eigenvalue weighted by molar-refractivity contribution is -0.160. The Bertz CT molecular complexity index is 1310. The van der Waals surface area contributed by atoms with Crippen molar-refractivity contribution in [1.29, 1.82) is 0 Å². The lowest BCUT2D eigenvalue weighted by atomic mass is 9.95. The van der Waals surface area contributed by atoms with Crippen molar-refractivity contribution < 1.29 is 23.6 Å². The molecule has 3 heterocycles. The first-order chi connectivity index (χ1) is 16.3. The lowest BCUT2D eigenvalue weighted by Crippen LogP contribution is -2.70. The van der Waals surface area contributed by atoms with Crippen LogP contribution in [0.3, 0.4) is 0 Å². The van der Waals surface area contributed by atoms with E-state index in [1.54, 1.807) is 62.4 Å². The summed E-state index contributed by atoms with van der Waals surface area (Å²) in [5, 5.41) is 4.44. The second-order valence-electron chi connectivity index (χ2n) is 8.43. The standard InChI is InChI=1S/C24H21ClN4O5/c1-14(2)28-22(31)17-8-3-4-9-18(17)29-20(30)10-11-24(28,29)23(32)33-13-19-26-21(27-34-19)15-6-5-7-16(25)12-15/h3-9,12,14H,10-11,13H2,1-2H3. The second-order valence-corrected chi connectivity index (χ2v) is 8.87. The molecule has 1 fully saturated rings. The van der Waals surface area contributed by atoms with Gasteiger partial charge in [0.2, 0.25) is 17.4 Å². The molecule has 2 amide bonds. The molecule has 2 aliphatic heterocycles. The Labute approximate surface area is 200 Å². The first kappa shape index (κ1) is 22.1. The normalized spacial score (nSPS) is 19.4. The Morgan fingerprint density at radius 2 is 2.00 bits per heavy atom. The fourth-order valence-corrected chi connectivity index (χ4v) is 4.86. The highest BCUT2D eigenvalue weighted by Gasteiger charge is 2.62. The number of ether oxygens (including phenoxy) is 1. The summed E-state index contributed by atoms with van der Waals surface area (Å²) in [5.74, 6) is -0.917. The van der Waals surface area contributed by atoms with Gasteiger partial charge in [-0.15, -0.1) is 0 Å². The molecule has 0 radical (unpaired) electrons. The predicted octanol–water partition coefficient (Wildman–Crippen LogP) is 3.82. The van der Waals surface area contributed by atoms with Gasteiger partial charge in [0.05, 0.1) is 11.3 Å². The van der Waals surface area contributed by atoms with Gasteiger partial charge in [-0.05, 0) is 38.1 Å². The number of carbonyl (C=O) groups is 3. The zero-order chi connectivity index (χ0) is 24.0. The van der Waals surface area contributed by atoms with Crippen LogP contribution in [-0.4, -0.2) is 44.5 Å². The third-order valence-electron chi connectivity index (χ3n) is 6.02. The third-order valence-corrected chi connectivity index (χ3v) is 6.26. The molecule has 5 rings (SSSR count). The van der Waals surface area contributed by atoms with Crippen LogP contribution in [0.4, 0.5) is 5.69 Å². The van der Waals surface area contributed by atoms with Crippen molar-refractivity contribution in [2.45, 2.75) is 45.0 Å². The summed E-state index contributed by atoms with van der Waals surface area (Å²) < 4.78 is 10.8. The van der Waals surface area contributed by atoms with Gasteiger partial charge in [0.1, 0.15) is 0 Å². The number of esters is 1. The number of benzene rings is 2. The summed E-state index contributed by atoms with van der Waals surface area (Å²) in [4.78, 5) is 47.1. The van der Waals surface area contributed by atoms with Gasteiger partial charge in [0.15, 0.2) is 6.61 Å². The number of halogens is 1. The van der Waals surface area contributed by atoms with Crippen LogP contribution in [0.25, 0.3) is 11.4 Å². The number of hydrogen-bond acceptors (Lipinski definition) is 7. The average molecular weight is 481 g/mol. The Balaban J connectivity index is 1.45. The highest BCUT2D eigenvalue weighted by Crippen LogP contribution is 2.46. The van der Waals surface area contributed by atoms with Crippen LogP contribution in [-0.2, 0) is 20.9 Å². The molecule has 0 aliphatic carbocycles. The SMILES string of the molecule is CC(C)N1C(=O)c2ccccc2N2C(=O)CCC21C(=O)OCc1nc(-c2cccc(Cl)c2)no1. The second kappa shape index (κ2) is 8.25. The molecule has 3 aromatic rings. The maximum Gasteiger partial charge on any atom is 0.354 e. The Kier molecular flexibility index (Phi) is 5.36. The predicted molar refractivity (Wildman–Crippen MR) is 122 cm³/mol. The van der Waals surface area contributed by atoms with E-state index in [1.807, 2.05) is 0 Å². The minimum atomic E-state index is -1.58. The van der Waals surface area contributed by atoms with E-state index >= 15 is 0 Å². The van der Waals surface area contributed by atoms with E-state index in [-0.39, 0.29) is 43.2 Å². The smallest absolute Gasteiger partial charge is 0.354 e. The highest BCUT2D eigenvalue weighted by atomic mass is 35.5. The molecular weight excluding hydrogens is 460 g/mol. The van der Waals surface area contributed by atoms with Crippen LogP contribution in [0.15, 0.2) is 53.1 Å². The minimum Gasteiger partial charge on any atom is -0.452 e. The number of hydrogen-bond donors (Lipinski definition) is 0. The largest absolute Gasteiger partial charge is 0.452 e. The average Bonchev–Trinajstić information content (AvgIpc) is 3.43. The Morgan fingerprint density at radius 1 is 1.21 bits per heavy atom. The fraction of sp³-hybridized carbons (Fsp3) is 0.292. The number of fused-ring (bicyclic) bond motifs is 3. The molecule has 1 atom stereocenters. The van der Waals surface area contributed by atoms with E-state index in [4.69, 9.17) is 20.9 Å². The van der Waals surface area contributed by atoms with Crippen molar-refractivity contribution in [2.24, 2.45) is 0 Å². The molecule has 1 unspecified atom stereocenters. The first-order valence-electron chi connectivity index (χ1n) is 10.8. The van der Waals surface area contributed by atoms with Crippen LogP contribution >= 0.6 is 11.6 Å². The zero-order valence-electron chi connectivity index (χ0n) is 18.5. The highest BCUT2D eigenvalue weighted by molar-refractivity contribution is 6.30. The molecule has 0 bridgehead atoms. The molecular formula is C24H21ClN4O5. The van der Waals surface area contributed by atoms with Gasteiger partial charge in [0, 0.05) is 29.5 Å². The third kappa shape index (κ3) is 3.35. The number of para-hydroxylation sites is 1. The molecule has 1 saturated heterocycles. The molecule has 10 heteroatoms. The molecule has 9 nitrogen and oxygen atoms in total. The summed E-state index contributed by atoms with van der Waals surface area (Å²) in [6, 6.07) is 13.4.